The van der Waals surface area contributed by atoms with Gasteiger partial charge < -0.3 is 0 Å². The van der Waals surface area contributed by atoms with Gasteiger partial charge in [-0.05, 0) is 0 Å². The van der Waals surface area contributed by atoms with Crippen LogP contribution in [0.4, 0.5) is 0 Å². The summed E-state index contributed by atoms with van der Waals surface area (Å²) in [7, 11) is 0. The van der Waals surface area contributed by atoms with Gasteiger partial charge in [-0.25, -0.2) is 0 Å². The van der Waals surface area contributed by atoms with E-state index in [4.69, 9.17) is 0 Å². The Bertz CT molecular complexity index is 48.1. The molecule has 0 aromatic carbocycles. The van der Waals surface area contributed by atoms with Crippen molar-refractivity contribution in [2.24, 2.45) is 0 Å². The second kappa shape index (κ2) is 101. The molecule has 0 rings (SSSR count). The third-order valence-corrected chi connectivity index (χ3v) is 0. The summed E-state index contributed by atoms with van der Waals surface area (Å²) in [6, 6.07) is 0. The third kappa shape index (κ3) is 91.2. The maximum Gasteiger partial charge on any atom is 0 e. The molecular weight excluding hydrogens is 1490 g/mol. The van der Waals surface area contributed by atoms with Crippen molar-refractivity contribution in [2.75, 3.05) is 0 Å². The molecule has 0 bridgehead atoms. The van der Waals surface area contributed by atoms with Gasteiger partial charge in [0, 0.05) is 203 Å². The average molecular weight is 1500 g/mol. The van der Waals surface area contributed by atoms with Gasteiger partial charge in [-0.1, -0.05) is 0 Å². The number of rotatable bonds is 0. The fraction of sp³-hybridized carbons (Fsp3) is 0. The first-order valence-electron chi connectivity index (χ1n) is 0. The van der Waals surface area contributed by atoms with Crippen molar-refractivity contribution in [3.8, 4) is 0 Å². The van der Waals surface area contributed by atoms with Gasteiger partial charge >= 0.3 is 87.2 Å². The second-order valence-corrected chi connectivity index (χ2v) is 0. The van der Waals surface area contributed by atoms with Crippen LogP contribution in [0, 0.1) is 31.1 Å². The predicted molar refractivity (Wildman–Crippen MR) is 51.4 cm³/mol. The molecule has 0 N–H and O–H groups in total. The Kier molecular flexibility index (Phi) is 901. The van der Waals surface area contributed by atoms with Crippen molar-refractivity contribution < 1.29 is 137 Å². The zero-order valence-corrected chi connectivity index (χ0v) is 39.1. The quantitative estimate of drug-likeness (QED) is 0.214. The van der Waals surface area contributed by atoms with Crippen LogP contribution in [0.1, 0.15) is 0 Å². The molecule has 0 aliphatic carbocycles. The van der Waals surface area contributed by atoms with Crippen molar-refractivity contribution in [2.45, 2.75) is 0 Å². The Morgan fingerprint density at radius 2 is 1.00 bits per heavy atom. The molecule has 0 unspecified atom stereocenters. The molecule has 0 fully saturated rings. The maximum absolute atomic E-state index is 0. The molecule has 0 spiro atoms. The van der Waals surface area contributed by atoms with Crippen molar-refractivity contribution in [1.82, 2.24) is 0 Å². The van der Waals surface area contributed by atoms with Crippen LogP contribution in [0.2, 0.25) is 0 Å². The SMILES string of the molecule is [As].[BeH2].[Cd].[Co].[Cr].[Fe].[Hg].[InH3].[Sb].[SnH2].[Te].[TlH].[U]. The van der Waals surface area contributed by atoms with E-state index in [1.165, 1.54) is 0 Å². The summed E-state index contributed by atoms with van der Waals surface area (Å²) in [5, 5.41) is 0. The van der Waals surface area contributed by atoms with Gasteiger partial charge in [-0.15, -0.1) is 0 Å². The third-order valence-electron chi connectivity index (χ3n) is 0. The van der Waals surface area contributed by atoms with E-state index >= 15 is 0 Å². The second-order valence-electron chi connectivity index (χ2n) is 0. The van der Waals surface area contributed by atoms with Gasteiger partial charge in [-0.2, -0.15) is 0 Å². The zero-order chi connectivity index (χ0) is 0. The van der Waals surface area contributed by atoms with E-state index in [9.17, 15) is 0 Å². The van der Waals surface area contributed by atoms with Crippen molar-refractivity contribution in [1.29, 1.82) is 0 Å². The molecular formula is H8AsBeCdCoCrFeHgInSbSnTeTlU. The monoisotopic (exact) mass is 1500 g/mol. The molecule has 13 heavy (non-hydrogen) atoms. The van der Waals surface area contributed by atoms with Crippen LogP contribution in [0.5, 0.6) is 0 Å². The van der Waals surface area contributed by atoms with Gasteiger partial charge in [0.25, 0.3) is 0 Å². The van der Waals surface area contributed by atoms with E-state index in [2.05, 4.69) is 0 Å². The Labute approximate surface area is 282 Å². The maximum atomic E-state index is 0. The molecule has 0 aromatic rings. The molecule has 0 aromatic heterocycles. The normalized spacial score (nSPS) is 0. The summed E-state index contributed by atoms with van der Waals surface area (Å²) in [6.07, 6.45) is 0. The Balaban J connectivity index is 0. The molecule has 0 atom stereocenters. The summed E-state index contributed by atoms with van der Waals surface area (Å²) < 4.78 is 0. The molecule has 67 valence electrons. The van der Waals surface area contributed by atoms with Crippen LogP contribution >= 0.6 is 0 Å². The topological polar surface area (TPSA) is 0 Å². The Hall–Kier alpha value is 9.39. The number of hydrogen-bond donors (Lipinski definition) is 0. The van der Waals surface area contributed by atoms with Gasteiger partial charge in [0.05, 0.1) is 0 Å². The fourth-order valence-corrected chi connectivity index (χ4v) is 0. The van der Waals surface area contributed by atoms with Crippen LogP contribution in [0.3, 0.4) is 0 Å². The molecule has 13 heteroatoms. The van der Waals surface area contributed by atoms with E-state index in [1.807, 2.05) is 0 Å². The summed E-state index contributed by atoms with van der Waals surface area (Å²) in [5.41, 5.74) is 0. The largest absolute Gasteiger partial charge is 0 e. The molecule has 12 radical (unpaired) electrons. The zero-order valence-electron chi connectivity index (χ0n) is 5.73. The molecule has 0 nitrogen and oxygen atoms in total. The standard InChI is InChI=1S/As.Be.Cd.Co.Cr.Fe.Hg.In.Sb.Sn.Te.Tl.U.8H. The Morgan fingerprint density at radius 1 is 1.00 bits per heavy atom. The molecule has 0 amide bonds. The van der Waals surface area contributed by atoms with E-state index in [1.54, 1.807) is 0 Å². The average Bonchev–Trinajstić information content (AvgIpc) is 0. The van der Waals surface area contributed by atoms with Crippen molar-refractivity contribution in [3.63, 3.8) is 0 Å². The molecule has 0 heterocycles. The van der Waals surface area contributed by atoms with Gasteiger partial charge in [0.1, 0.15) is 0 Å². The first-order chi connectivity index (χ1) is 0. The minimum absolute atomic E-state index is 0. The summed E-state index contributed by atoms with van der Waals surface area (Å²) in [6.45, 7) is 0. The Morgan fingerprint density at radius 3 is 1.00 bits per heavy atom. The molecule has 0 saturated carbocycles. The minimum Gasteiger partial charge on any atom is 0 e. The van der Waals surface area contributed by atoms with Crippen LogP contribution in [0.15, 0.2) is 0 Å². The van der Waals surface area contributed by atoms with Crippen LogP contribution in [-0.2, 0) is 106 Å². The van der Waals surface area contributed by atoms with Crippen molar-refractivity contribution >= 4 is 153 Å². The summed E-state index contributed by atoms with van der Waals surface area (Å²) in [5.74, 6) is 0. The summed E-state index contributed by atoms with van der Waals surface area (Å²) >= 11 is 0. The van der Waals surface area contributed by atoms with Gasteiger partial charge in [0.2, 0.25) is 0 Å². The van der Waals surface area contributed by atoms with E-state index in [-0.39, 0.29) is 291 Å². The van der Waals surface area contributed by atoms with Crippen LogP contribution in [-0.4, -0.2) is 153 Å². The van der Waals surface area contributed by atoms with Crippen LogP contribution in [0.25, 0.3) is 0 Å². The van der Waals surface area contributed by atoms with E-state index in [0.29, 0.717) is 0 Å². The number of hydrogen-bond acceptors (Lipinski definition) is 0. The summed E-state index contributed by atoms with van der Waals surface area (Å²) in [4.78, 5) is 0. The molecule has 0 aliphatic rings. The first-order valence-corrected chi connectivity index (χ1v) is 0. The van der Waals surface area contributed by atoms with E-state index in [0.717, 1.165) is 0 Å². The predicted octanol–water partition coefficient (Wildman–Crippen LogP) is -4.82. The molecule has 0 saturated heterocycles. The van der Waals surface area contributed by atoms with Gasteiger partial charge in [-0.3, -0.25) is 0 Å². The van der Waals surface area contributed by atoms with Gasteiger partial charge in [0.15, 0.2) is 0 Å². The smallest absolute Gasteiger partial charge is 0 e. The first kappa shape index (κ1) is 116. The van der Waals surface area contributed by atoms with E-state index < -0.39 is 0 Å². The van der Waals surface area contributed by atoms with Crippen molar-refractivity contribution in [3.05, 3.63) is 0 Å². The fourth-order valence-electron chi connectivity index (χ4n) is 0. The molecule has 0 aliphatic heterocycles. The van der Waals surface area contributed by atoms with Crippen LogP contribution < -0.4 is 0 Å². The minimum atomic E-state index is 0.